The van der Waals surface area contributed by atoms with Gasteiger partial charge in [-0.1, -0.05) is 0 Å². The Morgan fingerprint density at radius 3 is 2.71 bits per heavy atom. The number of aromatic nitrogens is 3. The summed E-state index contributed by atoms with van der Waals surface area (Å²) < 4.78 is 19.0. The monoisotopic (exact) mass is 576 g/mol. The van der Waals surface area contributed by atoms with Crippen LogP contribution in [0.1, 0.15) is 30.2 Å². The molecule has 41 heavy (non-hydrogen) atoms. The molecule has 2 amide bonds. The number of piperidine rings is 1. The number of benzene rings is 2. The zero-order valence-electron chi connectivity index (χ0n) is 22.9. The number of likely N-dealkylation sites (tertiary alicyclic amines) is 2. The van der Waals surface area contributed by atoms with Crippen molar-refractivity contribution in [2.75, 3.05) is 51.8 Å². The van der Waals surface area contributed by atoms with E-state index in [0.29, 0.717) is 43.4 Å². The molecule has 9 nitrogen and oxygen atoms in total. The summed E-state index contributed by atoms with van der Waals surface area (Å²) in [5.41, 5.74) is 2.15. The first-order chi connectivity index (χ1) is 19.9. The molecule has 11 heteroatoms. The molecule has 1 atom stereocenters. The number of thiazole rings is 1. The van der Waals surface area contributed by atoms with Crippen LogP contribution in [0.3, 0.4) is 0 Å². The summed E-state index contributed by atoms with van der Waals surface area (Å²) in [5, 5.41) is 14.5. The maximum Gasteiger partial charge on any atom is 0.236 e. The van der Waals surface area contributed by atoms with Crippen molar-refractivity contribution in [2.45, 2.75) is 25.2 Å². The maximum absolute atomic E-state index is 13.7. The average molecular weight is 577 g/mol. The summed E-state index contributed by atoms with van der Waals surface area (Å²) in [6, 6.07) is 11.7. The lowest BCUT2D eigenvalue weighted by Gasteiger charge is -2.32. The molecule has 0 bridgehead atoms. The molecule has 0 spiro atoms. The van der Waals surface area contributed by atoms with Crippen LogP contribution >= 0.6 is 11.3 Å². The molecular weight excluding hydrogens is 543 g/mol. The van der Waals surface area contributed by atoms with E-state index in [-0.39, 0.29) is 24.2 Å². The molecule has 2 saturated heterocycles. The summed E-state index contributed by atoms with van der Waals surface area (Å²) in [6.45, 7) is 3.12. The molecule has 214 valence electrons. The highest BCUT2D eigenvalue weighted by atomic mass is 32.1. The zero-order chi connectivity index (χ0) is 28.4. The Kier molecular flexibility index (Phi) is 7.83. The van der Waals surface area contributed by atoms with E-state index in [1.807, 2.05) is 34.7 Å². The lowest BCUT2D eigenvalue weighted by molar-refractivity contribution is -0.134. The topological polar surface area (TPSA) is 103 Å². The van der Waals surface area contributed by atoms with Crippen molar-refractivity contribution in [3.05, 3.63) is 64.9 Å². The van der Waals surface area contributed by atoms with E-state index in [4.69, 9.17) is 4.74 Å². The first-order valence-electron chi connectivity index (χ1n) is 13.9. The number of halogens is 1. The number of anilines is 1. The summed E-state index contributed by atoms with van der Waals surface area (Å²) in [5.74, 6) is 0.0881. The number of rotatable bonds is 8. The third kappa shape index (κ3) is 5.74. The van der Waals surface area contributed by atoms with Gasteiger partial charge >= 0.3 is 0 Å². The lowest BCUT2D eigenvalue weighted by atomic mass is 9.87. The minimum atomic E-state index is -0.766. The first kappa shape index (κ1) is 27.5. The second kappa shape index (κ2) is 11.7. The number of aromatic amines is 1. The van der Waals surface area contributed by atoms with E-state index in [0.717, 1.165) is 47.4 Å². The van der Waals surface area contributed by atoms with Crippen molar-refractivity contribution in [3.8, 4) is 11.3 Å². The Balaban J connectivity index is 1.10. The Hall–Kier alpha value is -3.67. The number of carbonyl (C=O) groups excluding carboxylic acids is 2. The normalized spacial score (nSPS) is 20.1. The predicted molar refractivity (Wildman–Crippen MR) is 156 cm³/mol. The van der Waals surface area contributed by atoms with E-state index in [2.05, 4.69) is 25.4 Å². The van der Waals surface area contributed by atoms with Gasteiger partial charge < -0.3 is 15.0 Å². The van der Waals surface area contributed by atoms with Gasteiger partial charge in [0, 0.05) is 60.9 Å². The van der Waals surface area contributed by atoms with Crippen LogP contribution in [0, 0.1) is 11.2 Å². The minimum Gasteiger partial charge on any atom is -0.384 e. The Bertz CT molecular complexity index is 1520. The van der Waals surface area contributed by atoms with Gasteiger partial charge in [0.25, 0.3) is 0 Å². The lowest BCUT2D eigenvalue weighted by Crippen LogP contribution is -2.46. The molecule has 2 aromatic carbocycles. The molecule has 4 heterocycles. The van der Waals surface area contributed by atoms with Crippen molar-refractivity contribution in [1.29, 1.82) is 0 Å². The van der Waals surface area contributed by atoms with E-state index in [1.165, 1.54) is 12.1 Å². The van der Waals surface area contributed by atoms with Crippen molar-refractivity contribution >= 4 is 39.7 Å². The van der Waals surface area contributed by atoms with Crippen molar-refractivity contribution in [3.63, 3.8) is 0 Å². The minimum absolute atomic E-state index is 0.106. The number of H-pyrrole nitrogens is 1. The summed E-state index contributed by atoms with van der Waals surface area (Å²) in [6.07, 6.45) is 4.30. The quantitative estimate of drug-likeness (QED) is 0.320. The molecule has 2 aliphatic heterocycles. The van der Waals surface area contributed by atoms with Gasteiger partial charge in [-0.15, -0.1) is 11.3 Å². The predicted octanol–water partition coefficient (Wildman–Crippen LogP) is 4.51. The van der Waals surface area contributed by atoms with Gasteiger partial charge in [-0.25, -0.2) is 9.37 Å². The molecule has 0 radical (unpaired) electrons. The van der Waals surface area contributed by atoms with Crippen LogP contribution in [-0.4, -0.2) is 83.2 Å². The third-order valence-electron chi connectivity index (χ3n) is 8.28. The number of fused-ring (bicyclic) bond motifs is 1. The van der Waals surface area contributed by atoms with Gasteiger partial charge in [0.1, 0.15) is 5.82 Å². The number of carbonyl (C=O) groups is 2. The number of amides is 2. The number of nitrogens with one attached hydrogen (secondary N) is 2. The second-order valence-electron chi connectivity index (χ2n) is 11.0. The Morgan fingerprint density at radius 1 is 1.17 bits per heavy atom. The number of nitrogens with zero attached hydrogens (tertiary/aromatic N) is 4. The van der Waals surface area contributed by atoms with Gasteiger partial charge in [-0.05, 0) is 68.3 Å². The highest BCUT2D eigenvalue weighted by Crippen LogP contribution is 2.35. The molecule has 2 aliphatic rings. The number of hydrogen-bond acceptors (Lipinski definition) is 7. The average Bonchev–Trinajstić information content (AvgIpc) is 3.75. The van der Waals surface area contributed by atoms with Gasteiger partial charge in [0.2, 0.25) is 11.8 Å². The number of methoxy groups -OCH3 is 1. The molecule has 6 rings (SSSR count). The Morgan fingerprint density at radius 2 is 1.98 bits per heavy atom. The van der Waals surface area contributed by atoms with Crippen LogP contribution in [0.2, 0.25) is 0 Å². The zero-order valence-corrected chi connectivity index (χ0v) is 23.8. The molecule has 1 unspecified atom stereocenters. The van der Waals surface area contributed by atoms with E-state index < -0.39 is 5.41 Å². The van der Waals surface area contributed by atoms with E-state index in [9.17, 15) is 14.0 Å². The maximum atomic E-state index is 13.7. The summed E-state index contributed by atoms with van der Waals surface area (Å²) >= 11 is 1.68. The number of ether oxygens (including phenoxy) is 1. The van der Waals surface area contributed by atoms with Crippen molar-refractivity contribution in [1.82, 2.24) is 25.0 Å². The van der Waals surface area contributed by atoms with Gasteiger partial charge in [-0.2, -0.15) is 5.10 Å². The fourth-order valence-electron chi connectivity index (χ4n) is 6.02. The fourth-order valence-corrected chi connectivity index (χ4v) is 6.84. The molecule has 2 aromatic heterocycles. The molecule has 2 N–H and O–H groups in total. The van der Waals surface area contributed by atoms with Crippen LogP contribution in [0.5, 0.6) is 0 Å². The fraction of sp³-hybridized carbons (Fsp3) is 0.400. The molecule has 0 aliphatic carbocycles. The number of hydrogen-bond donors (Lipinski definition) is 2. The van der Waals surface area contributed by atoms with E-state index >= 15 is 0 Å². The largest absolute Gasteiger partial charge is 0.384 e. The Labute approximate surface area is 241 Å². The SMILES string of the molecule is COCC1(C(=O)Nc2ccc3[nH]nc(-c4ccc(F)cc4)c3c2)CCN(CC(=O)N2CCC(c3nccs3)CC2)C1. The van der Waals surface area contributed by atoms with Gasteiger partial charge in [0.05, 0.1) is 34.8 Å². The summed E-state index contributed by atoms with van der Waals surface area (Å²) in [7, 11) is 1.60. The van der Waals surface area contributed by atoms with Crippen LogP contribution in [0.4, 0.5) is 10.1 Å². The highest BCUT2D eigenvalue weighted by Gasteiger charge is 2.45. The highest BCUT2D eigenvalue weighted by molar-refractivity contribution is 7.09. The molecule has 4 aromatic rings. The van der Waals surface area contributed by atoms with Gasteiger partial charge in [-0.3, -0.25) is 19.6 Å². The van der Waals surface area contributed by atoms with Crippen LogP contribution in [0.15, 0.2) is 54.0 Å². The first-order valence-corrected chi connectivity index (χ1v) is 14.8. The van der Waals surface area contributed by atoms with Crippen LogP contribution < -0.4 is 5.32 Å². The molecule has 2 fully saturated rings. The third-order valence-corrected chi connectivity index (χ3v) is 9.22. The van der Waals surface area contributed by atoms with Gasteiger partial charge in [0.15, 0.2) is 0 Å². The van der Waals surface area contributed by atoms with Crippen LogP contribution in [-0.2, 0) is 14.3 Å². The summed E-state index contributed by atoms with van der Waals surface area (Å²) in [4.78, 5) is 35.3. The second-order valence-corrected chi connectivity index (χ2v) is 11.9. The smallest absolute Gasteiger partial charge is 0.236 e. The van der Waals surface area contributed by atoms with Crippen LogP contribution in [0.25, 0.3) is 22.2 Å². The molecular formula is C30H33FN6O3S. The van der Waals surface area contributed by atoms with Crippen molar-refractivity contribution in [2.24, 2.45) is 5.41 Å². The van der Waals surface area contributed by atoms with E-state index in [1.54, 1.807) is 30.6 Å². The van der Waals surface area contributed by atoms with Crippen molar-refractivity contribution < 1.29 is 18.7 Å². The molecule has 0 saturated carbocycles. The standard InChI is InChI=1S/C30H33FN6O3S/c1-40-19-30(10-14-36(18-30)17-26(38)37-12-8-21(9-13-37)28-32-11-15-41-28)29(39)33-23-6-7-25-24(16-23)27(35-34-25)20-2-4-22(31)5-3-20/h2-7,11,15-16,21H,8-10,12-14,17-19H2,1H3,(H,33,39)(H,34,35).